The van der Waals surface area contributed by atoms with Crippen molar-refractivity contribution < 1.29 is 9.53 Å². The number of benzene rings is 2. The van der Waals surface area contributed by atoms with Crippen LogP contribution in [0.15, 0.2) is 48.5 Å². The summed E-state index contributed by atoms with van der Waals surface area (Å²) < 4.78 is 5.50. The Morgan fingerprint density at radius 3 is 2.25 bits per heavy atom. The van der Waals surface area contributed by atoms with E-state index in [1.165, 1.54) is 0 Å². The minimum Gasteiger partial charge on any atom is -0.495 e. The summed E-state index contributed by atoms with van der Waals surface area (Å²) in [6, 6.07) is 16.0. The number of anilines is 1. The smallest absolute Gasteiger partial charge is 0.233 e. The molecule has 2 aromatic carbocycles. The predicted octanol–water partition coefficient (Wildman–Crippen LogP) is 4.51. The van der Waals surface area contributed by atoms with Gasteiger partial charge in [-0.1, -0.05) is 48.7 Å². The summed E-state index contributed by atoms with van der Waals surface area (Å²) in [7, 11) is 1.70. The molecular formula is C23H27ClN2O2. The largest absolute Gasteiger partial charge is 0.495 e. The predicted molar refractivity (Wildman–Crippen MR) is 113 cm³/mol. The molecule has 1 aliphatic carbocycles. The molecule has 0 spiro atoms. The molecule has 0 atom stereocenters. The number of carbonyl (C=O) groups excluding carboxylic acids is 1. The van der Waals surface area contributed by atoms with Crippen LogP contribution in [0.3, 0.4) is 0 Å². The number of methoxy groups -OCH3 is 1. The summed E-state index contributed by atoms with van der Waals surface area (Å²) in [4.78, 5) is 18.0. The second-order valence-electron chi connectivity index (χ2n) is 7.75. The molecule has 0 N–H and O–H groups in total. The standard InChI is InChI=1S/C23H27ClN2O2/c1-28-21-7-3-2-6-20(21)25-14-16-26(17-15-25)22(27)23(12-4-5-13-23)18-8-10-19(24)11-9-18/h2-3,6-11H,4-5,12-17H2,1H3. The monoisotopic (exact) mass is 398 g/mol. The fourth-order valence-electron chi connectivity index (χ4n) is 4.72. The van der Waals surface area contributed by atoms with E-state index < -0.39 is 0 Å². The highest BCUT2D eigenvalue weighted by molar-refractivity contribution is 6.30. The van der Waals surface area contributed by atoms with E-state index >= 15 is 0 Å². The van der Waals surface area contributed by atoms with Crippen LogP contribution in [0.2, 0.25) is 5.02 Å². The quantitative estimate of drug-likeness (QED) is 0.759. The molecule has 2 fully saturated rings. The second kappa shape index (κ2) is 8.04. The highest BCUT2D eigenvalue weighted by atomic mass is 35.5. The van der Waals surface area contributed by atoms with Gasteiger partial charge in [0, 0.05) is 31.2 Å². The minimum atomic E-state index is -0.378. The second-order valence-corrected chi connectivity index (χ2v) is 8.18. The fraction of sp³-hybridized carbons (Fsp3) is 0.435. The van der Waals surface area contributed by atoms with Crippen LogP contribution in [0, 0.1) is 0 Å². The van der Waals surface area contributed by atoms with Gasteiger partial charge < -0.3 is 14.5 Å². The Hall–Kier alpha value is -2.20. The summed E-state index contributed by atoms with van der Waals surface area (Å²) in [6.07, 6.45) is 4.07. The van der Waals surface area contributed by atoms with Crippen LogP contribution >= 0.6 is 11.6 Å². The lowest BCUT2D eigenvalue weighted by Crippen LogP contribution is -2.54. The molecule has 1 aliphatic heterocycles. The molecule has 2 aliphatic rings. The first kappa shape index (κ1) is 19.1. The van der Waals surface area contributed by atoms with Crippen molar-refractivity contribution in [3.63, 3.8) is 0 Å². The first-order valence-electron chi connectivity index (χ1n) is 10.1. The van der Waals surface area contributed by atoms with Crippen molar-refractivity contribution in [3.05, 3.63) is 59.1 Å². The van der Waals surface area contributed by atoms with Gasteiger partial charge in [-0.25, -0.2) is 0 Å². The van der Waals surface area contributed by atoms with Crippen LogP contribution < -0.4 is 9.64 Å². The van der Waals surface area contributed by atoms with Crippen LogP contribution in [0.4, 0.5) is 5.69 Å². The molecule has 1 saturated carbocycles. The molecule has 1 heterocycles. The van der Waals surface area contributed by atoms with E-state index in [0.29, 0.717) is 0 Å². The maximum absolute atomic E-state index is 13.6. The van der Waals surface area contributed by atoms with Gasteiger partial charge in [0.1, 0.15) is 5.75 Å². The fourth-order valence-corrected chi connectivity index (χ4v) is 4.84. The molecule has 148 valence electrons. The van der Waals surface area contributed by atoms with Crippen molar-refractivity contribution in [3.8, 4) is 5.75 Å². The van der Waals surface area contributed by atoms with E-state index in [1.807, 2.05) is 42.5 Å². The molecule has 4 nitrogen and oxygen atoms in total. The van der Waals surface area contributed by atoms with Crippen molar-refractivity contribution >= 4 is 23.2 Å². The van der Waals surface area contributed by atoms with Crippen molar-refractivity contribution in [2.75, 3.05) is 38.2 Å². The Morgan fingerprint density at radius 2 is 1.61 bits per heavy atom. The van der Waals surface area contributed by atoms with Gasteiger partial charge in [0.25, 0.3) is 0 Å². The zero-order valence-corrected chi connectivity index (χ0v) is 17.1. The van der Waals surface area contributed by atoms with Crippen molar-refractivity contribution in [1.29, 1.82) is 0 Å². The molecule has 1 amide bonds. The van der Waals surface area contributed by atoms with E-state index in [9.17, 15) is 4.79 Å². The first-order chi connectivity index (χ1) is 13.6. The molecule has 0 bridgehead atoms. The lowest BCUT2D eigenvalue weighted by molar-refractivity contribution is -0.137. The van der Waals surface area contributed by atoms with E-state index in [2.05, 4.69) is 15.9 Å². The molecule has 4 rings (SSSR count). The molecule has 0 aromatic heterocycles. The van der Waals surface area contributed by atoms with Crippen LogP contribution in [0.5, 0.6) is 5.75 Å². The lowest BCUT2D eigenvalue weighted by atomic mass is 9.77. The van der Waals surface area contributed by atoms with Gasteiger partial charge in [0.2, 0.25) is 5.91 Å². The van der Waals surface area contributed by atoms with Crippen LogP contribution in [0.1, 0.15) is 31.2 Å². The van der Waals surface area contributed by atoms with Gasteiger partial charge in [0.15, 0.2) is 0 Å². The van der Waals surface area contributed by atoms with E-state index in [-0.39, 0.29) is 11.3 Å². The van der Waals surface area contributed by atoms with Crippen LogP contribution in [0.25, 0.3) is 0 Å². The van der Waals surface area contributed by atoms with Gasteiger partial charge in [0.05, 0.1) is 18.2 Å². The molecule has 2 aromatic rings. The van der Waals surface area contributed by atoms with Gasteiger partial charge in [-0.2, -0.15) is 0 Å². The minimum absolute atomic E-state index is 0.284. The van der Waals surface area contributed by atoms with Gasteiger partial charge >= 0.3 is 0 Å². The van der Waals surface area contributed by atoms with E-state index in [0.717, 1.165) is 73.9 Å². The molecule has 1 saturated heterocycles. The Balaban J connectivity index is 1.50. The van der Waals surface area contributed by atoms with Gasteiger partial charge in [-0.3, -0.25) is 4.79 Å². The Labute approximate surface area is 172 Å². The lowest BCUT2D eigenvalue weighted by Gasteiger charge is -2.41. The zero-order valence-electron chi connectivity index (χ0n) is 16.4. The number of para-hydroxylation sites is 2. The highest BCUT2D eigenvalue weighted by Crippen LogP contribution is 2.43. The number of rotatable bonds is 4. The van der Waals surface area contributed by atoms with Crippen molar-refractivity contribution in [1.82, 2.24) is 4.90 Å². The van der Waals surface area contributed by atoms with Crippen molar-refractivity contribution in [2.45, 2.75) is 31.1 Å². The maximum atomic E-state index is 13.6. The third-order valence-corrected chi connectivity index (χ3v) is 6.51. The summed E-state index contributed by atoms with van der Waals surface area (Å²) >= 11 is 6.08. The SMILES string of the molecule is COc1ccccc1N1CCN(C(=O)C2(c3ccc(Cl)cc3)CCCC2)CC1. The topological polar surface area (TPSA) is 32.8 Å². The summed E-state index contributed by atoms with van der Waals surface area (Å²) in [5.41, 5.74) is 1.84. The third-order valence-electron chi connectivity index (χ3n) is 6.26. The number of ether oxygens (including phenoxy) is 1. The third kappa shape index (κ3) is 3.46. The first-order valence-corrected chi connectivity index (χ1v) is 10.5. The summed E-state index contributed by atoms with van der Waals surface area (Å²) in [6.45, 7) is 3.13. The number of hydrogen-bond donors (Lipinski definition) is 0. The Bertz CT molecular complexity index is 823. The molecule has 5 heteroatoms. The normalized spacial score (nSPS) is 18.9. The molecule has 28 heavy (non-hydrogen) atoms. The highest BCUT2D eigenvalue weighted by Gasteiger charge is 2.45. The zero-order chi connectivity index (χ0) is 19.6. The molecule has 0 radical (unpaired) electrons. The maximum Gasteiger partial charge on any atom is 0.233 e. The number of piperazine rings is 1. The number of halogens is 1. The number of carbonyl (C=O) groups is 1. The number of amides is 1. The summed E-state index contributed by atoms with van der Waals surface area (Å²) in [5.74, 6) is 1.17. The molecule has 0 unspecified atom stereocenters. The number of hydrogen-bond acceptors (Lipinski definition) is 3. The average Bonchev–Trinajstić information content (AvgIpc) is 3.25. The Morgan fingerprint density at radius 1 is 0.964 bits per heavy atom. The number of nitrogens with zero attached hydrogens (tertiary/aromatic N) is 2. The van der Waals surface area contributed by atoms with Gasteiger partial charge in [-0.15, -0.1) is 0 Å². The van der Waals surface area contributed by atoms with Gasteiger partial charge in [-0.05, 0) is 42.7 Å². The van der Waals surface area contributed by atoms with E-state index in [4.69, 9.17) is 16.3 Å². The molecular weight excluding hydrogens is 372 g/mol. The average molecular weight is 399 g/mol. The van der Waals surface area contributed by atoms with Crippen molar-refractivity contribution in [2.24, 2.45) is 0 Å². The van der Waals surface area contributed by atoms with E-state index in [1.54, 1.807) is 7.11 Å². The van der Waals surface area contributed by atoms with Crippen LogP contribution in [-0.4, -0.2) is 44.1 Å². The van der Waals surface area contributed by atoms with Crippen LogP contribution in [-0.2, 0) is 10.2 Å². The summed E-state index contributed by atoms with van der Waals surface area (Å²) in [5, 5.41) is 0.717. The Kier molecular flexibility index (Phi) is 5.49.